The molecule has 13 heavy (non-hydrogen) atoms. The third-order valence-corrected chi connectivity index (χ3v) is 1.56. The zero-order valence-corrected chi connectivity index (χ0v) is 7.07. The predicted molar refractivity (Wildman–Crippen MR) is 44.6 cm³/mol. The highest BCUT2D eigenvalue weighted by atomic mass is 19.1. The molecule has 1 heterocycles. The predicted octanol–water partition coefficient (Wildman–Crippen LogP) is 1.30. The van der Waals surface area contributed by atoms with Crippen LogP contribution in [0.5, 0.6) is 0 Å². The second kappa shape index (κ2) is 3.84. The maximum Gasteiger partial charge on any atom is 0.364 e. The second-order valence-corrected chi connectivity index (χ2v) is 2.40. The molecule has 0 aliphatic heterocycles. The van der Waals surface area contributed by atoms with E-state index in [9.17, 15) is 9.18 Å². The van der Waals surface area contributed by atoms with E-state index in [1.165, 1.54) is 12.5 Å². The van der Waals surface area contributed by atoms with Crippen molar-refractivity contribution in [2.24, 2.45) is 0 Å². The molecular weight excluding hydrogens is 175 g/mol. The van der Waals surface area contributed by atoms with Crippen molar-refractivity contribution in [2.45, 2.75) is 13.5 Å². The third-order valence-electron chi connectivity index (χ3n) is 1.56. The molecule has 0 amide bonds. The standard InChI is InChI=1S/C8H9FN2O2/c1-2-11-5-10-4-6(11)3-7(9)8(12)13/h3-5H,2H2,1H3,(H,12,13). The quantitative estimate of drug-likeness (QED) is 0.720. The van der Waals surface area contributed by atoms with Crippen LogP contribution in [0.25, 0.3) is 6.08 Å². The Kier molecular flexibility index (Phi) is 2.79. The van der Waals surface area contributed by atoms with E-state index < -0.39 is 11.8 Å². The van der Waals surface area contributed by atoms with Crippen molar-refractivity contribution in [1.82, 2.24) is 9.55 Å². The third kappa shape index (κ3) is 2.14. The summed E-state index contributed by atoms with van der Waals surface area (Å²) in [7, 11) is 0. The molecule has 0 aromatic carbocycles. The summed E-state index contributed by atoms with van der Waals surface area (Å²) < 4.78 is 14.3. The lowest BCUT2D eigenvalue weighted by Crippen LogP contribution is -1.98. The van der Waals surface area contributed by atoms with Gasteiger partial charge in [-0.15, -0.1) is 0 Å². The Morgan fingerprint density at radius 2 is 2.54 bits per heavy atom. The van der Waals surface area contributed by atoms with Crippen LogP contribution in [0.2, 0.25) is 0 Å². The number of rotatable bonds is 3. The van der Waals surface area contributed by atoms with Gasteiger partial charge in [-0.25, -0.2) is 9.78 Å². The highest BCUT2D eigenvalue weighted by molar-refractivity contribution is 5.89. The zero-order chi connectivity index (χ0) is 9.84. The fourth-order valence-corrected chi connectivity index (χ4v) is 0.907. The maximum atomic E-state index is 12.6. The van der Waals surface area contributed by atoms with Gasteiger partial charge in [0.1, 0.15) is 0 Å². The first-order chi connectivity index (χ1) is 6.15. The lowest BCUT2D eigenvalue weighted by atomic mass is 10.4. The molecule has 0 saturated carbocycles. The minimum absolute atomic E-state index is 0.447. The SMILES string of the molecule is CCn1cncc1C=C(F)C(=O)O. The van der Waals surface area contributed by atoms with Gasteiger partial charge in [0.15, 0.2) is 0 Å². The number of carbonyl (C=O) groups is 1. The van der Waals surface area contributed by atoms with Gasteiger partial charge in [0.25, 0.3) is 0 Å². The summed E-state index contributed by atoms with van der Waals surface area (Å²) in [5.74, 6) is -2.75. The van der Waals surface area contributed by atoms with Gasteiger partial charge in [-0.3, -0.25) is 0 Å². The van der Waals surface area contributed by atoms with E-state index >= 15 is 0 Å². The minimum Gasteiger partial charge on any atom is -0.476 e. The van der Waals surface area contributed by atoms with E-state index in [1.807, 2.05) is 6.92 Å². The van der Waals surface area contributed by atoms with Crippen LogP contribution in [0.1, 0.15) is 12.6 Å². The normalized spacial score (nSPS) is 11.7. The molecule has 0 saturated heterocycles. The highest BCUT2D eigenvalue weighted by Gasteiger charge is 2.06. The first-order valence-electron chi connectivity index (χ1n) is 3.75. The molecule has 1 aromatic heterocycles. The Labute approximate surface area is 74.3 Å². The number of halogens is 1. The number of imidazole rings is 1. The number of hydrogen-bond acceptors (Lipinski definition) is 2. The number of nitrogens with zero attached hydrogens (tertiary/aromatic N) is 2. The lowest BCUT2D eigenvalue weighted by Gasteiger charge is -1.98. The Hall–Kier alpha value is -1.65. The van der Waals surface area contributed by atoms with Crippen molar-refractivity contribution >= 4 is 12.0 Å². The van der Waals surface area contributed by atoms with Crippen LogP contribution >= 0.6 is 0 Å². The average molecular weight is 184 g/mol. The molecule has 1 N–H and O–H groups in total. The van der Waals surface area contributed by atoms with E-state index in [0.29, 0.717) is 12.2 Å². The van der Waals surface area contributed by atoms with Gasteiger partial charge in [0.2, 0.25) is 5.83 Å². The van der Waals surface area contributed by atoms with Gasteiger partial charge in [0, 0.05) is 12.6 Å². The van der Waals surface area contributed by atoms with Crippen molar-refractivity contribution in [3.63, 3.8) is 0 Å². The molecule has 4 nitrogen and oxygen atoms in total. The molecule has 0 bridgehead atoms. The number of carboxylic acids is 1. The van der Waals surface area contributed by atoms with Crippen LogP contribution < -0.4 is 0 Å². The summed E-state index contributed by atoms with van der Waals surface area (Å²) in [5.41, 5.74) is 0.447. The van der Waals surface area contributed by atoms with Crippen molar-refractivity contribution < 1.29 is 14.3 Å². The van der Waals surface area contributed by atoms with Crippen molar-refractivity contribution in [3.05, 3.63) is 24.0 Å². The first-order valence-corrected chi connectivity index (χ1v) is 3.75. The molecule has 0 aliphatic rings. The van der Waals surface area contributed by atoms with Gasteiger partial charge in [-0.2, -0.15) is 4.39 Å². The Bertz CT molecular complexity index is 344. The van der Waals surface area contributed by atoms with Crippen LogP contribution in [0, 0.1) is 0 Å². The molecule has 1 aromatic rings. The van der Waals surface area contributed by atoms with Crippen LogP contribution in [0.15, 0.2) is 18.4 Å². The molecule has 70 valence electrons. The molecule has 0 aliphatic carbocycles. The summed E-state index contributed by atoms with van der Waals surface area (Å²) in [5, 5.41) is 8.27. The van der Waals surface area contributed by atoms with Crippen LogP contribution in [0.3, 0.4) is 0 Å². The van der Waals surface area contributed by atoms with E-state index in [0.717, 1.165) is 6.08 Å². The van der Waals surface area contributed by atoms with Crippen molar-refractivity contribution in [2.75, 3.05) is 0 Å². The number of aryl methyl sites for hydroxylation is 1. The van der Waals surface area contributed by atoms with Gasteiger partial charge >= 0.3 is 5.97 Å². The number of aliphatic carboxylic acids is 1. The Morgan fingerprint density at radius 1 is 1.85 bits per heavy atom. The zero-order valence-electron chi connectivity index (χ0n) is 7.07. The van der Waals surface area contributed by atoms with E-state index in [4.69, 9.17) is 5.11 Å². The smallest absolute Gasteiger partial charge is 0.364 e. The summed E-state index contributed by atoms with van der Waals surface area (Å²) in [6, 6.07) is 0. The van der Waals surface area contributed by atoms with E-state index in [-0.39, 0.29) is 0 Å². The molecule has 0 unspecified atom stereocenters. The molecule has 0 atom stereocenters. The van der Waals surface area contributed by atoms with Gasteiger partial charge < -0.3 is 9.67 Å². The topological polar surface area (TPSA) is 55.1 Å². The molecule has 0 radical (unpaired) electrons. The minimum atomic E-state index is -1.57. The summed E-state index contributed by atoms with van der Waals surface area (Å²) in [4.78, 5) is 13.9. The summed E-state index contributed by atoms with van der Waals surface area (Å²) in [6.07, 6.45) is 3.87. The average Bonchev–Trinajstić information content (AvgIpc) is 2.51. The monoisotopic (exact) mass is 184 g/mol. The largest absolute Gasteiger partial charge is 0.476 e. The number of hydrogen-bond donors (Lipinski definition) is 1. The summed E-state index contributed by atoms with van der Waals surface area (Å²) in [6.45, 7) is 2.48. The molecule has 0 fully saturated rings. The molecule has 1 rings (SSSR count). The molecular formula is C8H9FN2O2. The van der Waals surface area contributed by atoms with Gasteiger partial charge in [0.05, 0.1) is 18.2 Å². The fraction of sp³-hybridized carbons (Fsp3) is 0.250. The molecule has 0 spiro atoms. The first kappa shape index (κ1) is 9.44. The van der Waals surface area contributed by atoms with E-state index in [2.05, 4.69) is 4.98 Å². The van der Waals surface area contributed by atoms with Crippen LogP contribution in [0.4, 0.5) is 4.39 Å². The number of carboxylic acid groups (broad SMARTS) is 1. The Morgan fingerprint density at radius 3 is 3.08 bits per heavy atom. The van der Waals surface area contributed by atoms with Gasteiger partial charge in [-0.1, -0.05) is 0 Å². The maximum absolute atomic E-state index is 12.6. The van der Waals surface area contributed by atoms with Crippen molar-refractivity contribution in [1.29, 1.82) is 0 Å². The van der Waals surface area contributed by atoms with Crippen LogP contribution in [-0.4, -0.2) is 20.6 Å². The van der Waals surface area contributed by atoms with Gasteiger partial charge in [-0.05, 0) is 6.92 Å². The number of aromatic nitrogens is 2. The fourth-order valence-electron chi connectivity index (χ4n) is 0.907. The highest BCUT2D eigenvalue weighted by Crippen LogP contribution is 2.07. The second-order valence-electron chi connectivity index (χ2n) is 2.40. The van der Waals surface area contributed by atoms with E-state index in [1.54, 1.807) is 4.57 Å². The molecule has 5 heteroatoms. The van der Waals surface area contributed by atoms with Crippen LogP contribution in [-0.2, 0) is 11.3 Å². The Balaban J connectivity index is 2.96. The lowest BCUT2D eigenvalue weighted by molar-refractivity contribution is -0.134. The van der Waals surface area contributed by atoms with Crippen molar-refractivity contribution in [3.8, 4) is 0 Å². The summed E-state index contributed by atoms with van der Waals surface area (Å²) >= 11 is 0.